The second-order valence-electron chi connectivity index (χ2n) is 4.01. The van der Waals surface area contributed by atoms with E-state index in [1.807, 2.05) is 0 Å². The van der Waals surface area contributed by atoms with Crippen LogP contribution in [0.2, 0.25) is 0 Å². The Balaban J connectivity index is 0.00000112. The molecule has 0 aromatic heterocycles. The zero-order valence-corrected chi connectivity index (χ0v) is 10.1. The Morgan fingerprint density at radius 2 is 2.00 bits per heavy atom. The van der Waals surface area contributed by atoms with E-state index < -0.39 is 0 Å². The van der Waals surface area contributed by atoms with Gasteiger partial charge in [-0.1, -0.05) is 18.2 Å². The van der Waals surface area contributed by atoms with Crippen LogP contribution in [0, 0.1) is 13.8 Å². The van der Waals surface area contributed by atoms with Crippen molar-refractivity contribution in [2.45, 2.75) is 26.6 Å². The SMILES string of the molecule is Cc1ccc(COC2CNC2)cc1C.Cl. The van der Waals surface area contributed by atoms with Crippen LogP contribution in [0.1, 0.15) is 16.7 Å². The minimum absolute atomic E-state index is 0. The van der Waals surface area contributed by atoms with Gasteiger partial charge in [-0.3, -0.25) is 0 Å². The molecule has 0 radical (unpaired) electrons. The molecule has 0 amide bonds. The van der Waals surface area contributed by atoms with Crippen LogP contribution in [0.4, 0.5) is 0 Å². The van der Waals surface area contributed by atoms with Crippen LogP contribution < -0.4 is 5.32 Å². The van der Waals surface area contributed by atoms with Gasteiger partial charge in [-0.2, -0.15) is 0 Å². The molecule has 1 aliphatic heterocycles. The Morgan fingerprint density at radius 3 is 2.53 bits per heavy atom. The first-order chi connectivity index (χ1) is 6.75. The minimum atomic E-state index is 0. The second-order valence-corrected chi connectivity index (χ2v) is 4.01. The zero-order valence-electron chi connectivity index (χ0n) is 9.25. The predicted molar refractivity (Wildman–Crippen MR) is 64.6 cm³/mol. The lowest BCUT2D eigenvalue weighted by atomic mass is 10.1. The van der Waals surface area contributed by atoms with Crippen molar-refractivity contribution >= 4 is 12.4 Å². The lowest BCUT2D eigenvalue weighted by Gasteiger charge is -2.27. The van der Waals surface area contributed by atoms with Gasteiger partial charge in [0, 0.05) is 13.1 Å². The molecule has 0 unspecified atom stereocenters. The number of nitrogens with one attached hydrogen (secondary N) is 1. The molecule has 2 nitrogen and oxygen atoms in total. The molecular weight excluding hydrogens is 210 g/mol. The summed E-state index contributed by atoms with van der Waals surface area (Å²) in [5.41, 5.74) is 3.97. The molecule has 1 N–H and O–H groups in total. The number of rotatable bonds is 3. The fourth-order valence-electron chi connectivity index (χ4n) is 1.49. The van der Waals surface area contributed by atoms with Gasteiger partial charge in [-0.25, -0.2) is 0 Å². The Hall–Kier alpha value is -0.570. The topological polar surface area (TPSA) is 21.3 Å². The molecule has 3 heteroatoms. The third-order valence-electron chi connectivity index (χ3n) is 2.80. The Morgan fingerprint density at radius 1 is 1.27 bits per heavy atom. The standard InChI is InChI=1S/C12H17NO.ClH/c1-9-3-4-11(5-10(9)2)8-14-12-6-13-7-12;/h3-5,12-13H,6-8H2,1-2H3;1H. The van der Waals surface area contributed by atoms with Gasteiger partial charge in [0.2, 0.25) is 0 Å². The highest BCUT2D eigenvalue weighted by molar-refractivity contribution is 5.85. The number of aryl methyl sites for hydroxylation is 2. The number of halogens is 1. The summed E-state index contributed by atoms with van der Waals surface area (Å²) in [6.07, 6.45) is 0.427. The molecule has 1 saturated heterocycles. The molecular formula is C12H18ClNO. The van der Waals surface area contributed by atoms with E-state index in [1.54, 1.807) is 0 Å². The van der Waals surface area contributed by atoms with Crippen molar-refractivity contribution in [2.75, 3.05) is 13.1 Å². The summed E-state index contributed by atoms with van der Waals surface area (Å²) in [6.45, 7) is 7.03. The highest BCUT2D eigenvalue weighted by Crippen LogP contribution is 2.12. The van der Waals surface area contributed by atoms with Crippen LogP contribution in [-0.4, -0.2) is 19.2 Å². The molecule has 1 fully saturated rings. The maximum atomic E-state index is 5.70. The fraction of sp³-hybridized carbons (Fsp3) is 0.500. The third-order valence-corrected chi connectivity index (χ3v) is 2.80. The molecule has 0 bridgehead atoms. The van der Waals surface area contributed by atoms with E-state index in [1.165, 1.54) is 16.7 Å². The van der Waals surface area contributed by atoms with E-state index >= 15 is 0 Å². The largest absolute Gasteiger partial charge is 0.371 e. The van der Waals surface area contributed by atoms with Gasteiger partial charge in [-0.05, 0) is 30.5 Å². The second kappa shape index (κ2) is 5.50. The highest BCUT2D eigenvalue weighted by atomic mass is 35.5. The van der Waals surface area contributed by atoms with Gasteiger partial charge >= 0.3 is 0 Å². The number of hydrogen-bond donors (Lipinski definition) is 1. The van der Waals surface area contributed by atoms with Gasteiger partial charge < -0.3 is 10.1 Å². The Labute approximate surface area is 97.4 Å². The van der Waals surface area contributed by atoms with E-state index in [0.29, 0.717) is 6.10 Å². The van der Waals surface area contributed by atoms with Crippen LogP contribution in [0.15, 0.2) is 18.2 Å². The van der Waals surface area contributed by atoms with Crippen molar-refractivity contribution in [2.24, 2.45) is 0 Å². The molecule has 0 spiro atoms. The maximum Gasteiger partial charge on any atom is 0.0828 e. The first-order valence-electron chi connectivity index (χ1n) is 5.14. The summed E-state index contributed by atoms with van der Waals surface area (Å²) in [5, 5.41) is 3.19. The van der Waals surface area contributed by atoms with Crippen LogP contribution in [0.5, 0.6) is 0 Å². The molecule has 0 saturated carbocycles. The van der Waals surface area contributed by atoms with E-state index in [0.717, 1.165) is 19.7 Å². The van der Waals surface area contributed by atoms with Crippen molar-refractivity contribution in [3.05, 3.63) is 34.9 Å². The quantitative estimate of drug-likeness (QED) is 0.855. The monoisotopic (exact) mass is 227 g/mol. The minimum Gasteiger partial charge on any atom is -0.371 e. The molecule has 0 aliphatic carbocycles. The summed E-state index contributed by atoms with van der Waals surface area (Å²) in [5.74, 6) is 0. The molecule has 15 heavy (non-hydrogen) atoms. The average Bonchev–Trinajstić information content (AvgIpc) is 2.08. The lowest BCUT2D eigenvalue weighted by molar-refractivity contribution is 0.00756. The van der Waals surface area contributed by atoms with Crippen LogP contribution in [0.3, 0.4) is 0 Å². The molecule has 1 aromatic rings. The number of benzene rings is 1. The number of hydrogen-bond acceptors (Lipinski definition) is 2. The van der Waals surface area contributed by atoms with Gasteiger partial charge in [0.1, 0.15) is 0 Å². The average molecular weight is 228 g/mol. The smallest absolute Gasteiger partial charge is 0.0828 e. The Kier molecular flexibility index (Phi) is 4.58. The predicted octanol–water partition coefficient (Wildman–Crippen LogP) is 2.21. The molecule has 1 aromatic carbocycles. The van der Waals surface area contributed by atoms with Crippen molar-refractivity contribution in [1.82, 2.24) is 5.32 Å². The summed E-state index contributed by atoms with van der Waals surface area (Å²) in [7, 11) is 0. The zero-order chi connectivity index (χ0) is 9.97. The first kappa shape index (κ1) is 12.5. The van der Waals surface area contributed by atoms with Crippen LogP contribution in [-0.2, 0) is 11.3 Å². The number of ether oxygens (including phenoxy) is 1. The summed E-state index contributed by atoms with van der Waals surface area (Å²) < 4.78 is 5.70. The van der Waals surface area contributed by atoms with Crippen molar-refractivity contribution in [1.29, 1.82) is 0 Å². The molecule has 1 heterocycles. The molecule has 0 atom stereocenters. The summed E-state index contributed by atoms with van der Waals surface area (Å²) >= 11 is 0. The van der Waals surface area contributed by atoms with Crippen molar-refractivity contribution < 1.29 is 4.74 Å². The van der Waals surface area contributed by atoms with Gasteiger partial charge in [-0.15, -0.1) is 12.4 Å². The van der Waals surface area contributed by atoms with Gasteiger partial charge in [0.15, 0.2) is 0 Å². The van der Waals surface area contributed by atoms with Gasteiger partial charge in [0.25, 0.3) is 0 Å². The molecule has 1 aliphatic rings. The molecule has 2 rings (SSSR count). The highest BCUT2D eigenvalue weighted by Gasteiger charge is 2.16. The third kappa shape index (κ3) is 3.20. The molecule has 84 valence electrons. The first-order valence-corrected chi connectivity index (χ1v) is 5.14. The normalized spacial score (nSPS) is 15.6. The van der Waals surface area contributed by atoms with Crippen LogP contribution in [0.25, 0.3) is 0 Å². The van der Waals surface area contributed by atoms with E-state index in [2.05, 4.69) is 37.4 Å². The van der Waals surface area contributed by atoms with Gasteiger partial charge in [0.05, 0.1) is 12.7 Å². The lowest BCUT2D eigenvalue weighted by Crippen LogP contribution is -2.48. The van der Waals surface area contributed by atoms with Crippen molar-refractivity contribution in [3.8, 4) is 0 Å². The summed E-state index contributed by atoms with van der Waals surface area (Å²) in [6, 6.07) is 6.52. The maximum absolute atomic E-state index is 5.70. The fourth-order valence-corrected chi connectivity index (χ4v) is 1.49. The van der Waals surface area contributed by atoms with Crippen LogP contribution >= 0.6 is 12.4 Å². The Bertz CT molecular complexity index is 323. The van der Waals surface area contributed by atoms with E-state index in [-0.39, 0.29) is 12.4 Å². The van der Waals surface area contributed by atoms with E-state index in [9.17, 15) is 0 Å². The van der Waals surface area contributed by atoms with Crippen molar-refractivity contribution in [3.63, 3.8) is 0 Å². The van der Waals surface area contributed by atoms with E-state index in [4.69, 9.17) is 4.74 Å². The summed E-state index contributed by atoms with van der Waals surface area (Å²) in [4.78, 5) is 0.